The lowest BCUT2D eigenvalue weighted by Gasteiger charge is -2.04. The molecule has 3 aromatic heterocycles. The minimum absolute atomic E-state index is 0.126. The van der Waals surface area contributed by atoms with E-state index in [1.54, 1.807) is 48.5 Å². The number of hydrogen-bond acceptors (Lipinski definition) is 4. The van der Waals surface area contributed by atoms with E-state index in [4.69, 9.17) is 5.26 Å². The zero-order chi connectivity index (χ0) is 13.4. The molecule has 0 aliphatic carbocycles. The topological polar surface area (TPSA) is 76.0 Å². The third kappa shape index (κ3) is 1.68. The van der Waals surface area contributed by atoms with E-state index in [0.29, 0.717) is 22.5 Å². The summed E-state index contributed by atoms with van der Waals surface area (Å²) >= 11 is 0. The first-order valence-corrected chi connectivity index (χ1v) is 5.59. The van der Waals surface area contributed by atoms with Crippen molar-refractivity contribution in [2.75, 3.05) is 0 Å². The highest BCUT2D eigenvalue weighted by atomic mass is 16.1. The van der Waals surface area contributed by atoms with Gasteiger partial charge in [-0.05, 0) is 12.1 Å². The van der Waals surface area contributed by atoms with Gasteiger partial charge in [0.15, 0.2) is 5.69 Å². The predicted octanol–water partition coefficient (Wildman–Crippen LogP) is 0.967. The van der Waals surface area contributed by atoms with Crippen LogP contribution in [0.5, 0.6) is 0 Å². The molecule has 0 saturated carbocycles. The maximum Gasteiger partial charge on any atom is 0.258 e. The van der Waals surface area contributed by atoms with Crippen LogP contribution < -0.4 is 5.56 Å². The number of nitrogens with zero attached hydrogens (tertiary/aromatic N) is 5. The molecule has 0 saturated heterocycles. The Morgan fingerprint density at radius 1 is 1.37 bits per heavy atom. The Bertz CT molecular complexity index is 869. The smallest absolute Gasteiger partial charge is 0.258 e. The summed E-state index contributed by atoms with van der Waals surface area (Å²) in [5, 5.41) is 8.89. The van der Waals surface area contributed by atoms with Crippen LogP contribution in [0.25, 0.3) is 16.8 Å². The van der Waals surface area contributed by atoms with Crippen molar-refractivity contribution < 1.29 is 0 Å². The van der Waals surface area contributed by atoms with Crippen LogP contribution in [-0.2, 0) is 7.05 Å². The van der Waals surface area contributed by atoms with Gasteiger partial charge >= 0.3 is 0 Å². The fourth-order valence-electron chi connectivity index (χ4n) is 1.96. The minimum Gasteiger partial charge on any atom is -0.318 e. The van der Waals surface area contributed by atoms with Gasteiger partial charge in [0.1, 0.15) is 18.0 Å². The Morgan fingerprint density at radius 2 is 2.21 bits per heavy atom. The highest BCUT2D eigenvalue weighted by Gasteiger charge is 2.11. The monoisotopic (exact) mass is 251 g/mol. The third-order valence-electron chi connectivity index (χ3n) is 2.90. The number of rotatable bonds is 1. The van der Waals surface area contributed by atoms with E-state index in [9.17, 15) is 4.79 Å². The number of fused-ring (bicyclic) bond motifs is 1. The lowest BCUT2D eigenvalue weighted by molar-refractivity contribution is 0.862. The van der Waals surface area contributed by atoms with Crippen LogP contribution >= 0.6 is 0 Å². The van der Waals surface area contributed by atoms with Gasteiger partial charge in [0.25, 0.3) is 5.56 Å². The van der Waals surface area contributed by atoms with Crippen molar-refractivity contribution in [3.63, 3.8) is 0 Å². The number of aryl methyl sites for hydroxylation is 1. The van der Waals surface area contributed by atoms with Crippen LogP contribution in [0.3, 0.4) is 0 Å². The molecule has 6 heteroatoms. The zero-order valence-electron chi connectivity index (χ0n) is 10.1. The normalized spacial score (nSPS) is 10.5. The van der Waals surface area contributed by atoms with Crippen molar-refractivity contribution >= 4 is 5.65 Å². The fraction of sp³-hybridized carbons (Fsp3) is 0.0769. The Balaban J connectivity index is 2.37. The largest absolute Gasteiger partial charge is 0.318 e. The molecule has 0 radical (unpaired) electrons. The molecule has 6 nitrogen and oxygen atoms in total. The number of pyridine rings is 1. The standard InChI is InChI=1S/C13H9N5O/c1-17-4-2-3-10(13(17)19)11-6-15-8-18-7-9(5-14)16-12(11)18/h2-4,6-8H,1H3. The zero-order valence-corrected chi connectivity index (χ0v) is 10.1. The molecule has 0 spiro atoms. The average Bonchev–Trinajstić information content (AvgIpc) is 2.85. The maximum absolute atomic E-state index is 12.1. The average molecular weight is 251 g/mol. The van der Waals surface area contributed by atoms with Gasteiger partial charge in [0, 0.05) is 31.2 Å². The highest BCUT2D eigenvalue weighted by Crippen LogP contribution is 2.19. The van der Waals surface area contributed by atoms with E-state index >= 15 is 0 Å². The van der Waals surface area contributed by atoms with E-state index in [1.807, 2.05) is 6.07 Å². The minimum atomic E-state index is -0.126. The van der Waals surface area contributed by atoms with Crippen LogP contribution in [0.4, 0.5) is 0 Å². The van der Waals surface area contributed by atoms with Gasteiger partial charge < -0.3 is 4.57 Å². The van der Waals surface area contributed by atoms with Crippen molar-refractivity contribution in [1.82, 2.24) is 18.9 Å². The molecule has 0 bridgehead atoms. The SMILES string of the molecule is Cn1cccc(-c2cncn3cc(C#N)nc23)c1=O. The van der Waals surface area contributed by atoms with E-state index < -0.39 is 0 Å². The van der Waals surface area contributed by atoms with Gasteiger partial charge in [0.05, 0.1) is 5.56 Å². The Kier molecular flexibility index (Phi) is 2.39. The van der Waals surface area contributed by atoms with Crippen molar-refractivity contribution in [3.05, 3.63) is 53.1 Å². The highest BCUT2D eigenvalue weighted by molar-refractivity contribution is 5.76. The molecule has 0 atom stereocenters. The molecular weight excluding hydrogens is 242 g/mol. The first-order valence-electron chi connectivity index (χ1n) is 5.59. The molecule has 0 aliphatic rings. The quantitative estimate of drug-likeness (QED) is 0.645. The molecule has 0 aromatic carbocycles. The second-order valence-electron chi connectivity index (χ2n) is 4.11. The van der Waals surface area contributed by atoms with Crippen LogP contribution in [0.2, 0.25) is 0 Å². The van der Waals surface area contributed by atoms with Gasteiger partial charge in [0.2, 0.25) is 0 Å². The summed E-state index contributed by atoms with van der Waals surface area (Å²) in [5.74, 6) is 0. The molecule has 0 unspecified atom stereocenters. The fourth-order valence-corrected chi connectivity index (χ4v) is 1.96. The first kappa shape index (κ1) is 11.2. The number of hydrogen-bond donors (Lipinski definition) is 0. The predicted molar refractivity (Wildman–Crippen MR) is 68.4 cm³/mol. The van der Waals surface area contributed by atoms with Crippen molar-refractivity contribution in [1.29, 1.82) is 5.26 Å². The van der Waals surface area contributed by atoms with Crippen molar-refractivity contribution in [2.45, 2.75) is 0 Å². The number of nitriles is 1. The Morgan fingerprint density at radius 3 is 3.00 bits per heavy atom. The van der Waals surface area contributed by atoms with Gasteiger partial charge in [-0.15, -0.1) is 0 Å². The van der Waals surface area contributed by atoms with Crippen molar-refractivity contribution in [2.24, 2.45) is 7.05 Å². The molecular formula is C13H9N5O. The van der Waals surface area contributed by atoms with Gasteiger partial charge in [-0.3, -0.25) is 9.20 Å². The molecule has 19 heavy (non-hydrogen) atoms. The van der Waals surface area contributed by atoms with E-state index in [-0.39, 0.29) is 5.56 Å². The molecule has 3 rings (SSSR count). The molecule has 0 fully saturated rings. The summed E-state index contributed by atoms with van der Waals surface area (Å²) in [7, 11) is 1.69. The summed E-state index contributed by atoms with van der Waals surface area (Å²) < 4.78 is 3.13. The van der Waals surface area contributed by atoms with Crippen LogP contribution in [0.15, 0.2) is 41.8 Å². The Hall–Kier alpha value is -2.94. The summed E-state index contributed by atoms with van der Waals surface area (Å²) in [6.07, 6.45) is 6.41. The lowest BCUT2D eigenvalue weighted by Crippen LogP contribution is -2.17. The second kappa shape index (κ2) is 4.07. The second-order valence-corrected chi connectivity index (χ2v) is 4.11. The number of imidazole rings is 1. The summed E-state index contributed by atoms with van der Waals surface area (Å²) in [4.78, 5) is 20.4. The van der Waals surface area contributed by atoms with Crippen LogP contribution in [0, 0.1) is 11.3 Å². The molecule has 3 heterocycles. The third-order valence-corrected chi connectivity index (χ3v) is 2.90. The van der Waals surface area contributed by atoms with Crippen LogP contribution in [-0.4, -0.2) is 18.9 Å². The maximum atomic E-state index is 12.1. The lowest BCUT2D eigenvalue weighted by atomic mass is 10.1. The van der Waals surface area contributed by atoms with E-state index in [1.165, 1.54) is 4.57 Å². The molecule has 0 N–H and O–H groups in total. The van der Waals surface area contributed by atoms with E-state index in [2.05, 4.69) is 9.97 Å². The number of aromatic nitrogens is 4. The van der Waals surface area contributed by atoms with Crippen LogP contribution in [0.1, 0.15) is 5.69 Å². The summed E-state index contributed by atoms with van der Waals surface area (Å²) in [6, 6.07) is 5.49. The van der Waals surface area contributed by atoms with Gasteiger partial charge in [-0.1, -0.05) is 0 Å². The van der Waals surface area contributed by atoms with Crippen molar-refractivity contribution in [3.8, 4) is 17.2 Å². The summed E-state index contributed by atoms with van der Waals surface area (Å²) in [6.45, 7) is 0. The Labute approximate surface area is 108 Å². The first-order chi connectivity index (χ1) is 9.20. The molecule has 3 aromatic rings. The summed E-state index contributed by atoms with van der Waals surface area (Å²) in [5.41, 5.74) is 1.85. The van der Waals surface area contributed by atoms with E-state index in [0.717, 1.165) is 0 Å². The van der Waals surface area contributed by atoms with Gasteiger partial charge in [-0.25, -0.2) is 9.97 Å². The molecule has 0 aliphatic heterocycles. The molecule has 0 amide bonds. The van der Waals surface area contributed by atoms with Gasteiger partial charge in [-0.2, -0.15) is 5.26 Å². The molecule has 92 valence electrons.